The first-order valence-corrected chi connectivity index (χ1v) is 15.2. The first-order chi connectivity index (χ1) is 20.6. The summed E-state index contributed by atoms with van der Waals surface area (Å²) in [5.41, 5.74) is 1.08. The van der Waals surface area contributed by atoms with Crippen LogP contribution in [0, 0.1) is 18.7 Å². The second-order valence-corrected chi connectivity index (χ2v) is 13.8. The second-order valence-electron chi connectivity index (χ2n) is 13.8. The van der Waals surface area contributed by atoms with Gasteiger partial charge in [0.25, 0.3) is 0 Å². The molecule has 1 aliphatic carbocycles. The Balaban J connectivity index is 1.46. The number of aliphatic hydroxyl groups is 1. The first-order valence-electron chi connectivity index (χ1n) is 15.2. The van der Waals surface area contributed by atoms with Crippen LogP contribution in [0.4, 0.5) is 31.3 Å². The van der Waals surface area contributed by atoms with Crippen LogP contribution in [0.3, 0.4) is 0 Å². The third kappa shape index (κ3) is 7.40. The molecule has 5 rings (SSSR count). The number of hydrogen-bond acceptors (Lipinski definition) is 8. The van der Waals surface area contributed by atoms with Gasteiger partial charge in [0.05, 0.1) is 24.5 Å². The molecule has 2 aliphatic rings. The smallest absolute Gasteiger partial charge is 0.420 e. The number of rotatable bonds is 6. The van der Waals surface area contributed by atoms with E-state index in [1.807, 2.05) is 20.8 Å². The zero-order valence-corrected chi connectivity index (χ0v) is 26.6. The lowest BCUT2D eigenvalue weighted by Crippen LogP contribution is -2.49. The summed E-state index contributed by atoms with van der Waals surface area (Å²) in [4.78, 5) is 34.0. The van der Waals surface area contributed by atoms with Gasteiger partial charge < -0.3 is 24.8 Å². The molecule has 2 amide bonds. The number of hydrogen-bond donors (Lipinski definition) is 2. The van der Waals surface area contributed by atoms with Gasteiger partial charge in [-0.25, -0.2) is 23.9 Å². The van der Waals surface area contributed by atoms with Crippen molar-refractivity contribution in [3.63, 3.8) is 0 Å². The van der Waals surface area contributed by atoms with Crippen LogP contribution < -0.4 is 10.2 Å². The van der Waals surface area contributed by atoms with E-state index in [-0.39, 0.29) is 12.5 Å². The predicted molar refractivity (Wildman–Crippen MR) is 165 cm³/mol. The monoisotopic (exact) mass is 610 g/mol. The van der Waals surface area contributed by atoms with Gasteiger partial charge >= 0.3 is 12.2 Å². The van der Waals surface area contributed by atoms with Crippen molar-refractivity contribution < 1.29 is 28.6 Å². The molecule has 3 heterocycles. The van der Waals surface area contributed by atoms with Crippen molar-refractivity contribution in [3.05, 3.63) is 47.4 Å². The predicted octanol–water partition coefficient (Wildman–Crippen LogP) is 6.16. The van der Waals surface area contributed by atoms with E-state index >= 15 is 0 Å². The van der Waals surface area contributed by atoms with Crippen LogP contribution in [0.2, 0.25) is 0 Å². The van der Waals surface area contributed by atoms with Gasteiger partial charge in [-0.3, -0.25) is 0 Å². The normalized spacial score (nSPS) is 19.2. The molecule has 2 fully saturated rings. The molecular formula is C32H43FN6O5. The minimum absolute atomic E-state index is 0.157. The number of ether oxygens (including phenoxy) is 2. The number of likely N-dealkylation sites (tertiary alicyclic amines) is 1. The molecular weight excluding hydrogens is 567 g/mol. The number of piperidine rings is 1. The van der Waals surface area contributed by atoms with Crippen LogP contribution in [0.5, 0.6) is 0 Å². The highest BCUT2D eigenvalue weighted by molar-refractivity contribution is 5.96. The van der Waals surface area contributed by atoms with E-state index in [4.69, 9.17) is 14.5 Å². The van der Waals surface area contributed by atoms with Gasteiger partial charge in [-0.05, 0) is 97.4 Å². The van der Waals surface area contributed by atoms with E-state index in [2.05, 4.69) is 10.4 Å². The van der Waals surface area contributed by atoms with Crippen LogP contribution in [0.1, 0.15) is 77.8 Å². The van der Waals surface area contributed by atoms with Crippen LogP contribution in [0.25, 0.3) is 5.65 Å². The number of carbonyl (C=O) groups is 2. The van der Waals surface area contributed by atoms with Crippen LogP contribution in [-0.4, -0.2) is 73.7 Å². The van der Waals surface area contributed by atoms with Crippen molar-refractivity contribution in [2.45, 2.75) is 91.0 Å². The third-order valence-corrected chi connectivity index (χ3v) is 7.51. The summed E-state index contributed by atoms with van der Waals surface area (Å²) < 4.78 is 27.5. The van der Waals surface area contributed by atoms with E-state index in [0.717, 1.165) is 18.4 Å². The maximum Gasteiger partial charge on any atom is 0.420 e. The Kier molecular flexibility index (Phi) is 8.50. The van der Waals surface area contributed by atoms with Crippen molar-refractivity contribution in [2.75, 3.05) is 29.9 Å². The van der Waals surface area contributed by atoms with Crippen molar-refractivity contribution in [2.24, 2.45) is 5.92 Å². The fraction of sp³-hybridized carbons (Fsp3) is 0.562. The zero-order valence-electron chi connectivity index (χ0n) is 26.6. The molecule has 0 radical (unpaired) electrons. The van der Waals surface area contributed by atoms with E-state index in [1.165, 1.54) is 21.9 Å². The number of fused-ring (bicyclic) bond motifs is 1. The van der Waals surface area contributed by atoms with Crippen LogP contribution in [0.15, 0.2) is 30.5 Å². The standard InChI is InChI=1S/C32H43FN6O5/c1-19-12-22(33)14-23(13-19)38(30(42)44-32(5,6)7)27-15-26(36-28-24(20-8-9-20)17-35-39(27)28)34-16-21-10-11-37(18-25(21)40)29(41)43-31(2,3)4/h12-15,17,20-21,25,40H,8-11,16,18H2,1-7H3,(H,34,36)/t21-,25+/m1/s1. The minimum atomic E-state index is -0.807. The summed E-state index contributed by atoms with van der Waals surface area (Å²) in [5.74, 6) is 0.495. The van der Waals surface area contributed by atoms with Gasteiger partial charge in [0.1, 0.15) is 28.7 Å². The molecule has 0 bridgehead atoms. The molecule has 3 aromatic rings. The summed E-state index contributed by atoms with van der Waals surface area (Å²) >= 11 is 0. The summed E-state index contributed by atoms with van der Waals surface area (Å²) in [5, 5.41) is 18.9. The SMILES string of the molecule is Cc1cc(F)cc(N(C(=O)OC(C)(C)C)c2cc(NC[C@H]3CCN(C(=O)OC(C)(C)C)C[C@@H]3O)nc3c(C4CC4)cnn23)c1. The topological polar surface area (TPSA) is 122 Å². The van der Waals surface area contributed by atoms with Gasteiger partial charge in [0.15, 0.2) is 5.65 Å². The van der Waals surface area contributed by atoms with Gasteiger partial charge in [0, 0.05) is 30.6 Å². The Morgan fingerprint density at radius 2 is 1.77 bits per heavy atom. The number of amides is 2. The van der Waals surface area contributed by atoms with Gasteiger partial charge in [-0.1, -0.05) is 0 Å². The molecule has 1 saturated heterocycles. The second kappa shape index (κ2) is 11.9. The zero-order chi connectivity index (χ0) is 32.0. The summed E-state index contributed by atoms with van der Waals surface area (Å²) in [7, 11) is 0. The number of aryl methyl sites for hydroxylation is 1. The Morgan fingerprint density at radius 3 is 2.39 bits per heavy atom. The fourth-order valence-corrected chi connectivity index (χ4v) is 5.33. The third-order valence-electron chi connectivity index (χ3n) is 7.51. The van der Waals surface area contributed by atoms with E-state index < -0.39 is 35.3 Å². The number of nitrogens with one attached hydrogen (secondary N) is 1. The molecule has 2 N–H and O–H groups in total. The van der Waals surface area contributed by atoms with Gasteiger partial charge in [0.2, 0.25) is 0 Å². The minimum Gasteiger partial charge on any atom is -0.444 e. The van der Waals surface area contributed by atoms with E-state index in [1.54, 1.807) is 50.5 Å². The molecule has 1 saturated carbocycles. The Morgan fingerprint density at radius 1 is 1.07 bits per heavy atom. The summed E-state index contributed by atoms with van der Waals surface area (Å²) in [6, 6.07) is 6.08. The van der Waals surface area contributed by atoms with Crippen molar-refractivity contribution in [1.29, 1.82) is 0 Å². The summed E-state index contributed by atoms with van der Waals surface area (Å²) in [6.45, 7) is 13.5. The van der Waals surface area contributed by atoms with Crippen LogP contribution >= 0.6 is 0 Å². The van der Waals surface area contributed by atoms with E-state index in [0.29, 0.717) is 54.0 Å². The average Bonchev–Trinajstić information content (AvgIpc) is 3.64. The molecule has 0 unspecified atom stereocenters. The molecule has 1 aliphatic heterocycles. The van der Waals surface area contributed by atoms with Crippen molar-refractivity contribution in [1.82, 2.24) is 19.5 Å². The maximum absolute atomic E-state index is 14.7. The quantitative estimate of drug-likeness (QED) is 0.341. The first kappa shape index (κ1) is 31.5. The number of benzene rings is 1. The molecule has 12 heteroatoms. The average molecular weight is 611 g/mol. The Bertz CT molecular complexity index is 1520. The van der Waals surface area contributed by atoms with Crippen LogP contribution in [-0.2, 0) is 9.47 Å². The molecule has 0 spiro atoms. The number of β-amino-alcohol motifs (C(OH)–C–C–N with tert-alkyl or cyclic N) is 1. The van der Waals surface area contributed by atoms with Gasteiger partial charge in [-0.2, -0.15) is 9.61 Å². The highest BCUT2D eigenvalue weighted by atomic mass is 19.1. The summed E-state index contributed by atoms with van der Waals surface area (Å²) in [6.07, 6.45) is 2.49. The number of nitrogens with zero attached hydrogens (tertiary/aromatic N) is 5. The Hall–Kier alpha value is -3.93. The number of anilines is 3. The molecule has 238 valence electrons. The molecule has 11 nitrogen and oxygen atoms in total. The number of aromatic nitrogens is 3. The molecule has 2 aromatic heterocycles. The fourth-order valence-electron chi connectivity index (χ4n) is 5.33. The van der Waals surface area contributed by atoms with Gasteiger partial charge in [-0.15, -0.1) is 0 Å². The van der Waals surface area contributed by atoms with E-state index in [9.17, 15) is 19.1 Å². The Labute approximate surface area is 257 Å². The molecule has 44 heavy (non-hydrogen) atoms. The lowest BCUT2D eigenvalue weighted by molar-refractivity contribution is -0.0104. The number of aliphatic hydroxyl groups excluding tert-OH is 1. The van der Waals surface area contributed by atoms with Crippen molar-refractivity contribution in [3.8, 4) is 0 Å². The molecule has 2 atom stereocenters. The molecule has 1 aromatic carbocycles. The number of halogens is 1. The van der Waals surface area contributed by atoms with Crippen molar-refractivity contribution >= 4 is 35.2 Å². The largest absolute Gasteiger partial charge is 0.444 e. The highest BCUT2D eigenvalue weighted by Crippen LogP contribution is 2.43. The lowest BCUT2D eigenvalue weighted by Gasteiger charge is -2.36. The number of carbonyl (C=O) groups excluding carboxylic acids is 2. The lowest BCUT2D eigenvalue weighted by atomic mass is 9.94. The highest BCUT2D eigenvalue weighted by Gasteiger charge is 2.34. The maximum atomic E-state index is 14.7.